The van der Waals surface area contributed by atoms with Crippen LogP contribution in [0.4, 0.5) is 31.9 Å². The topological polar surface area (TPSA) is 120 Å². The van der Waals surface area contributed by atoms with Crippen molar-refractivity contribution in [3.05, 3.63) is 30.0 Å². The largest absolute Gasteiger partial charge is 0.495 e. The van der Waals surface area contributed by atoms with Crippen molar-refractivity contribution in [2.45, 2.75) is 63.0 Å². The molecule has 14 heteroatoms. The molecule has 1 saturated heterocycles. The van der Waals surface area contributed by atoms with E-state index >= 15 is 0 Å². The van der Waals surface area contributed by atoms with Gasteiger partial charge in [0, 0.05) is 44.0 Å². The van der Waals surface area contributed by atoms with Gasteiger partial charge in [0.25, 0.3) is 11.8 Å². The number of carbonyl (C=O) groups is 2. The molecule has 1 atom stereocenters. The van der Waals surface area contributed by atoms with E-state index in [0.29, 0.717) is 42.9 Å². The molecule has 1 aromatic carbocycles. The van der Waals surface area contributed by atoms with Crippen LogP contribution in [-0.2, 0) is 15.8 Å². The zero-order valence-electron chi connectivity index (χ0n) is 24.1. The molecule has 228 valence electrons. The fraction of sp³-hybridized carbons (Fsp3) is 0.571. The summed E-state index contributed by atoms with van der Waals surface area (Å²) in [6.07, 6.45) is 8.86. The summed E-state index contributed by atoms with van der Waals surface area (Å²) >= 11 is 0. The maximum absolute atomic E-state index is 15.0. The van der Waals surface area contributed by atoms with Gasteiger partial charge in [0.15, 0.2) is 5.82 Å². The number of amides is 2. The highest BCUT2D eigenvalue weighted by Crippen LogP contribution is 2.39. The average molecular weight is 606 g/mol. The van der Waals surface area contributed by atoms with E-state index in [4.69, 9.17) is 4.74 Å². The van der Waals surface area contributed by atoms with Crippen LogP contribution in [0.15, 0.2) is 24.4 Å². The minimum atomic E-state index is -3.56. The first-order chi connectivity index (χ1) is 20.1. The first-order valence-electron chi connectivity index (χ1n) is 14.2. The molecule has 1 aromatic heterocycles. The normalized spacial score (nSPS) is 20.9. The Kier molecular flexibility index (Phi) is 8.92. The lowest BCUT2D eigenvalue weighted by Gasteiger charge is -2.35. The van der Waals surface area contributed by atoms with Crippen molar-refractivity contribution < 1.29 is 27.3 Å². The van der Waals surface area contributed by atoms with E-state index in [9.17, 15) is 22.6 Å². The van der Waals surface area contributed by atoms with Crippen LogP contribution < -0.4 is 25.2 Å². The lowest BCUT2D eigenvalue weighted by atomic mass is 9.94. The van der Waals surface area contributed by atoms with Crippen LogP contribution in [0.25, 0.3) is 0 Å². The standard InChI is InChI=1S/C28H37F2N7O4S/c1-35-22-16-31-27(34-24(22)37(17-28(29,30)26(35)39)20-7-5-4-6-8-20)33-21-10-9-18(15-23(21)41-2)25(38)32-19-11-13-36(14-12-19)42(3)40/h9-10,15-16,19-20H,4-8,11-14,17H2,1-3H3,(H,32,38)(H,31,33,34). The zero-order chi connectivity index (χ0) is 30.0. The van der Waals surface area contributed by atoms with Crippen molar-refractivity contribution in [3.63, 3.8) is 0 Å². The number of piperidine rings is 1. The molecule has 3 aliphatic rings. The Morgan fingerprint density at radius 2 is 1.86 bits per heavy atom. The summed E-state index contributed by atoms with van der Waals surface area (Å²) in [5, 5.41) is 6.14. The Bertz CT molecular complexity index is 1350. The average Bonchev–Trinajstić information content (AvgIpc) is 3.06. The molecular formula is C28H37F2N7O4S. The van der Waals surface area contributed by atoms with Gasteiger partial charge in [0.2, 0.25) is 5.95 Å². The van der Waals surface area contributed by atoms with Crippen LogP contribution >= 0.6 is 0 Å². The predicted octanol–water partition coefficient (Wildman–Crippen LogP) is 3.47. The van der Waals surface area contributed by atoms with E-state index in [1.54, 1.807) is 29.4 Å². The van der Waals surface area contributed by atoms with Gasteiger partial charge >= 0.3 is 5.92 Å². The van der Waals surface area contributed by atoms with Crippen molar-refractivity contribution >= 4 is 45.9 Å². The third-order valence-electron chi connectivity index (χ3n) is 8.25. The molecule has 2 aliphatic heterocycles. The van der Waals surface area contributed by atoms with Gasteiger partial charge in [-0.3, -0.25) is 9.59 Å². The van der Waals surface area contributed by atoms with E-state index in [2.05, 4.69) is 20.6 Å². The molecule has 2 fully saturated rings. The SMILES string of the molecule is COc1cc(C(=O)NC2CCN(S(C)=O)CC2)ccc1Nc1ncc2c(n1)N(C1CCCCC1)CC(F)(F)C(=O)N2C. The van der Waals surface area contributed by atoms with Crippen molar-refractivity contribution in [2.75, 3.05) is 55.2 Å². The number of carbonyl (C=O) groups excluding carboxylic acids is 2. The number of halogens is 2. The number of fused-ring (bicyclic) bond motifs is 1. The number of nitrogens with zero attached hydrogens (tertiary/aromatic N) is 5. The maximum Gasteiger partial charge on any atom is 0.342 e. The Labute approximate surface area is 246 Å². The van der Waals surface area contributed by atoms with Gasteiger partial charge in [-0.1, -0.05) is 19.3 Å². The van der Waals surface area contributed by atoms with Gasteiger partial charge in [-0.2, -0.15) is 13.8 Å². The van der Waals surface area contributed by atoms with Crippen LogP contribution in [0, 0.1) is 0 Å². The van der Waals surface area contributed by atoms with E-state index in [0.717, 1.165) is 37.0 Å². The molecular weight excluding hydrogens is 568 g/mol. The van der Waals surface area contributed by atoms with Crippen molar-refractivity contribution in [2.24, 2.45) is 0 Å². The van der Waals surface area contributed by atoms with Crippen LogP contribution in [0.2, 0.25) is 0 Å². The highest BCUT2D eigenvalue weighted by Gasteiger charge is 2.48. The van der Waals surface area contributed by atoms with E-state index in [1.807, 2.05) is 4.31 Å². The number of ether oxygens (including phenoxy) is 1. The number of anilines is 4. The number of alkyl halides is 2. The van der Waals surface area contributed by atoms with Gasteiger partial charge in [-0.15, -0.1) is 0 Å². The first-order valence-corrected chi connectivity index (χ1v) is 15.7. The quantitative estimate of drug-likeness (QED) is 0.493. The number of rotatable bonds is 7. The molecule has 0 bridgehead atoms. The Morgan fingerprint density at radius 3 is 2.52 bits per heavy atom. The number of benzene rings is 1. The number of hydrogen-bond donors (Lipinski definition) is 2. The van der Waals surface area contributed by atoms with E-state index in [1.165, 1.54) is 20.4 Å². The number of aromatic nitrogens is 2. The van der Waals surface area contributed by atoms with Gasteiger partial charge < -0.3 is 25.2 Å². The van der Waals surface area contributed by atoms with Gasteiger partial charge in [-0.25, -0.2) is 13.5 Å². The highest BCUT2D eigenvalue weighted by atomic mass is 32.2. The maximum atomic E-state index is 15.0. The lowest BCUT2D eigenvalue weighted by Crippen LogP contribution is -2.49. The van der Waals surface area contributed by atoms with Crippen molar-refractivity contribution in [1.29, 1.82) is 0 Å². The molecule has 11 nitrogen and oxygen atoms in total. The summed E-state index contributed by atoms with van der Waals surface area (Å²) in [6.45, 7) is 0.564. The molecule has 2 amide bonds. The van der Waals surface area contributed by atoms with Gasteiger partial charge in [0.05, 0.1) is 36.5 Å². The summed E-state index contributed by atoms with van der Waals surface area (Å²) in [7, 11) is 1.78. The smallest absolute Gasteiger partial charge is 0.342 e. The van der Waals surface area contributed by atoms with Crippen LogP contribution in [0.1, 0.15) is 55.3 Å². The molecule has 5 rings (SSSR count). The fourth-order valence-electron chi connectivity index (χ4n) is 5.86. The van der Waals surface area contributed by atoms with E-state index in [-0.39, 0.29) is 35.4 Å². The Hall–Kier alpha value is -3.39. The lowest BCUT2D eigenvalue weighted by molar-refractivity contribution is -0.140. The summed E-state index contributed by atoms with van der Waals surface area (Å²) in [5.74, 6) is -4.29. The molecule has 1 unspecified atom stereocenters. The Morgan fingerprint density at radius 1 is 1.14 bits per heavy atom. The monoisotopic (exact) mass is 605 g/mol. The van der Waals surface area contributed by atoms with Crippen LogP contribution in [0.3, 0.4) is 0 Å². The molecule has 0 spiro atoms. The van der Waals surface area contributed by atoms with Crippen LogP contribution in [-0.4, -0.2) is 88.4 Å². The predicted molar refractivity (Wildman–Crippen MR) is 157 cm³/mol. The minimum absolute atomic E-state index is 0.0152. The van der Waals surface area contributed by atoms with Crippen LogP contribution in [0.5, 0.6) is 5.75 Å². The number of hydrogen-bond acceptors (Lipinski definition) is 8. The van der Waals surface area contributed by atoms with Gasteiger partial charge in [0.1, 0.15) is 11.4 Å². The number of nitrogens with one attached hydrogen (secondary N) is 2. The summed E-state index contributed by atoms with van der Waals surface area (Å²) in [6, 6.07) is 4.77. The molecule has 42 heavy (non-hydrogen) atoms. The molecule has 1 aliphatic carbocycles. The fourth-order valence-corrected chi connectivity index (χ4v) is 6.59. The second kappa shape index (κ2) is 12.5. The molecule has 2 aromatic rings. The second-order valence-electron chi connectivity index (χ2n) is 11.0. The molecule has 3 heterocycles. The highest BCUT2D eigenvalue weighted by molar-refractivity contribution is 7.81. The Balaban J connectivity index is 1.36. The van der Waals surface area contributed by atoms with Gasteiger partial charge in [-0.05, 0) is 43.9 Å². The number of methoxy groups -OCH3 is 1. The minimum Gasteiger partial charge on any atom is -0.495 e. The second-order valence-corrected chi connectivity index (χ2v) is 12.4. The molecule has 1 saturated carbocycles. The summed E-state index contributed by atoms with van der Waals surface area (Å²) < 4.78 is 49.0. The summed E-state index contributed by atoms with van der Waals surface area (Å²) in [5.41, 5.74) is 1.12. The third-order valence-corrected chi connectivity index (χ3v) is 9.34. The van der Waals surface area contributed by atoms with E-state index < -0.39 is 29.4 Å². The zero-order valence-corrected chi connectivity index (χ0v) is 24.9. The summed E-state index contributed by atoms with van der Waals surface area (Å²) in [4.78, 5) is 37.0. The van der Waals surface area contributed by atoms with Crippen molar-refractivity contribution in [3.8, 4) is 5.75 Å². The third kappa shape index (κ3) is 6.33. The van der Waals surface area contributed by atoms with Crippen molar-refractivity contribution in [1.82, 2.24) is 19.6 Å². The first kappa shape index (κ1) is 30.1. The molecule has 0 radical (unpaired) electrons. The molecule has 2 N–H and O–H groups in total.